The van der Waals surface area contributed by atoms with Gasteiger partial charge >= 0.3 is 0 Å². The Balaban J connectivity index is 2.21. The van der Waals surface area contributed by atoms with Crippen molar-refractivity contribution in [3.05, 3.63) is 47.8 Å². The third kappa shape index (κ3) is 2.93. The summed E-state index contributed by atoms with van der Waals surface area (Å²) in [5.41, 5.74) is 1.30. The number of phenolic OH excluding ortho intramolecular Hbond substituents is 2. The van der Waals surface area contributed by atoms with E-state index in [1.54, 1.807) is 18.2 Å². The minimum atomic E-state index is -0.432. The van der Waals surface area contributed by atoms with E-state index in [0.29, 0.717) is 11.3 Å². The molecule has 0 aromatic heterocycles. The Hall–Kier alpha value is -2.43. The van der Waals surface area contributed by atoms with Gasteiger partial charge in [-0.15, -0.1) is 0 Å². The number of rotatable bonds is 4. The number of phenols is 2. The van der Waals surface area contributed by atoms with Crippen molar-refractivity contribution in [3.8, 4) is 17.2 Å². The lowest BCUT2D eigenvalue weighted by atomic mass is 10.1. The van der Waals surface area contributed by atoms with E-state index in [0.717, 1.165) is 0 Å². The smallest absolute Gasteiger partial charge is 0.165 e. The highest BCUT2D eigenvalue weighted by Crippen LogP contribution is 2.31. The summed E-state index contributed by atoms with van der Waals surface area (Å²) in [6.07, 6.45) is 0. The van der Waals surface area contributed by atoms with Gasteiger partial charge in [0, 0.05) is 23.4 Å². The minimum Gasteiger partial charge on any atom is -0.508 e. The Kier molecular flexibility index (Phi) is 3.98. The van der Waals surface area contributed by atoms with Gasteiger partial charge in [-0.2, -0.15) is 0 Å². The van der Waals surface area contributed by atoms with E-state index in [-0.39, 0.29) is 23.3 Å². The molecule has 0 aliphatic heterocycles. The summed E-state index contributed by atoms with van der Waals surface area (Å²) in [6.45, 7) is 1.85. The third-order valence-electron chi connectivity index (χ3n) is 3.01. The maximum atomic E-state index is 13.3. The fourth-order valence-electron chi connectivity index (χ4n) is 1.98. The van der Waals surface area contributed by atoms with Crippen LogP contribution in [-0.2, 0) is 0 Å². The van der Waals surface area contributed by atoms with Gasteiger partial charge < -0.3 is 20.3 Å². The summed E-state index contributed by atoms with van der Waals surface area (Å²) in [4.78, 5) is 0. The minimum absolute atomic E-state index is 0.000855. The fraction of sp³-hybridized carbons (Fsp3) is 0.200. The zero-order chi connectivity index (χ0) is 14.7. The maximum Gasteiger partial charge on any atom is 0.165 e. The quantitative estimate of drug-likeness (QED) is 0.801. The molecule has 20 heavy (non-hydrogen) atoms. The molecule has 0 aliphatic rings. The predicted molar refractivity (Wildman–Crippen MR) is 74.8 cm³/mol. The maximum absolute atomic E-state index is 13.3. The summed E-state index contributed by atoms with van der Waals surface area (Å²) >= 11 is 0. The molecule has 106 valence electrons. The van der Waals surface area contributed by atoms with Crippen LogP contribution in [0.4, 0.5) is 10.1 Å². The molecule has 0 heterocycles. The molecule has 0 radical (unpaired) electrons. The molecule has 4 nitrogen and oxygen atoms in total. The molecule has 1 unspecified atom stereocenters. The molecule has 1 atom stereocenters. The molecule has 0 saturated carbocycles. The molecule has 0 amide bonds. The molecule has 2 aromatic rings. The molecule has 0 spiro atoms. The molecule has 2 aromatic carbocycles. The first-order valence-corrected chi connectivity index (χ1v) is 6.13. The van der Waals surface area contributed by atoms with Crippen LogP contribution >= 0.6 is 0 Å². The van der Waals surface area contributed by atoms with Crippen LogP contribution in [0.25, 0.3) is 0 Å². The molecule has 3 N–H and O–H groups in total. The van der Waals surface area contributed by atoms with E-state index in [1.165, 1.54) is 25.3 Å². The topological polar surface area (TPSA) is 61.7 Å². The highest BCUT2D eigenvalue weighted by Gasteiger charge is 2.12. The lowest BCUT2D eigenvalue weighted by molar-refractivity contribution is 0.386. The first-order valence-electron chi connectivity index (χ1n) is 6.13. The van der Waals surface area contributed by atoms with Crippen molar-refractivity contribution in [2.45, 2.75) is 13.0 Å². The number of ether oxygens (including phenoxy) is 1. The number of methoxy groups -OCH3 is 1. The SMILES string of the molecule is COc1cc(NC(C)c2ccc(O)cc2O)ccc1F. The van der Waals surface area contributed by atoms with Gasteiger partial charge in [-0.1, -0.05) is 0 Å². The Labute approximate surface area is 116 Å². The van der Waals surface area contributed by atoms with E-state index in [4.69, 9.17) is 4.74 Å². The molecule has 0 bridgehead atoms. The summed E-state index contributed by atoms with van der Waals surface area (Å²) in [7, 11) is 1.40. The Morgan fingerprint density at radius 1 is 1.15 bits per heavy atom. The zero-order valence-corrected chi connectivity index (χ0v) is 11.2. The zero-order valence-electron chi connectivity index (χ0n) is 11.2. The van der Waals surface area contributed by atoms with Crippen LogP contribution in [0.5, 0.6) is 17.2 Å². The largest absolute Gasteiger partial charge is 0.508 e. The predicted octanol–water partition coefficient (Wildman–Crippen LogP) is 3.42. The highest BCUT2D eigenvalue weighted by atomic mass is 19.1. The molecule has 2 rings (SSSR count). The number of nitrogens with one attached hydrogen (secondary N) is 1. The third-order valence-corrected chi connectivity index (χ3v) is 3.01. The highest BCUT2D eigenvalue weighted by molar-refractivity contribution is 5.52. The van der Waals surface area contributed by atoms with E-state index in [2.05, 4.69) is 5.32 Å². The van der Waals surface area contributed by atoms with Gasteiger partial charge in [0.05, 0.1) is 13.2 Å². The van der Waals surface area contributed by atoms with Gasteiger partial charge in [0.15, 0.2) is 11.6 Å². The number of aromatic hydroxyl groups is 2. The second-order valence-electron chi connectivity index (χ2n) is 4.46. The van der Waals surface area contributed by atoms with Gasteiger partial charge in [0.1, 0.15) is 11.5 Å². The first kappa shape index (κ1) is 14.0. The Morgan fingerprint density at radius 3 is 2.55 bits per heavy atom. The van der Waals surface area contributed by atoms with Crippen molar-refractivity contribution in [1.82, 2.24) is 0 Å². The van der Waals surface area contributed by atoms with E-state index < -0.39 is 5.82 Å². The molecular weight excluding hydrogens is 261 g/mol. The normalized spacial score (nSPS) is 11.9. The van der Waals surface area contributed by atoms with Crippen molar-refractivity contribution in [3.63, 3.8) is 0 Å². The number of anilines is 1. The Morgan fingerprint density at radius 2 is 1.90 bits per heavy atom. The number of benzene rings is 2. The van der Waals surface area contributed by atoms with Crippen molar-refractivity contribution in [2.24, 2.45) is 0 Å². The van der Waals surface area contributed by atoms with Crippen LogP contribution in [0.3, 0.4) is 0 Å². The van der Waals surface area contributed by atoms with Gasteiger partial charge in [-0.05, 0) is 31.2 Å². The standard InChI is InChI=1S/C15H16FNO3/c1-9(12-5-4-11(18)8-14(12)19)17-10-3-6-13(16)15(7-10)20-2/h3-9,17-19H,1-2H3. The summed E-state index contributed by atoms with van der Waals surface area (Å²) < 4.78 is 18.2. The fourth-order valence-corrected chi connectivity index (χ4v) is 1.98. The Bertz CT molecular complexity index is 616. The number of halogens is 1. The number of hydrogen-bond donors (Lipinski definition) is 3. The molecule has 0 saturated heterocycles. The van der Waals surface area contributed by atoms with Crippen LogP contribution in [0.1, 0.15) is 18.5 Å². The molecule has 0 aliphatic carbocycles. The van der Waals surface area contributed by atoms with E-state index >= 15 is 0 Å². The lowest BCUT2D eigenvalue weighted by Crippen LogP contribution is -2.07. The molecular formula is C15H16FNO3. The van der Waals surface area contributed by atoms with Crippen molar-refractivity contribution in [2.75, 3.05) is 12.4 Å². The second-order valence-corrected chi connectivity index (χ2v) is 4.46. The van der Waals surface area contributed by atoms with Crippen LogP contribution in [0.15, 0.2) is 36.4 Å². The van der Waals surface area contributed by atoms with Gasteiger partial charge in [0.2, 0.25) is 0 Å². The molecule has 5 heteroatoms. The van der Waals surface area contributed by atoms with E-state index in [1.807, 2.05) is 6.92 Å². The number of hydrogen-bond acceptors (Lipinski definition) is 4. The van der Waals surface area contributed by atoms with Crippen LogP contribution in [0.2, 0.25) is 0 Å². The summed E-state index contributed by atoms with van der Waals surface area (Å²) in [5.74, 6) is -0.281. The van der Waals surface area contributed by atoms with Gasteiger partial charge in [-0.25, -0.2) is 4.39 Å². The first-order chi connectivity index (χ1) is 9.51. The van der Waals surface area contributed by atoms with Crippen LogP contribution < -0.4 is 10.1 Å². The summed E-state index contributed by atoms with van der Waals surface area (Å²) in [6, 6.07) is 8.63. The van der Waals surface area contributed by atoms with Crippen molar-refractivity contribution < 1.29 is 19.3 Å². The van der Waals surface area contributed by atoms with Crippen LogP contribution in [-0.4, -0.2) is 17.3 Å². The summed E-state index contributed by atoms with van der Waals surface area (Å²) in [5, 5.41) is 22.2. The van der Waals surface area contributed by atoms with E-state index in [9.17, 15) is 14.6 Å². The van der Waals surface area contributed by atoms with Gasteiger partial charge in [0.25, 0.3) is 0 Å². The average molecular weight is 277 g/mol. The van der Waals surface area contributed by atoms with Crippen molar-refractivity contribution >= 4 is 5.69 Å². The second kappa shape index (κ2) is 5.69. The average Bonchev–Trinajstić information content (AvgIpc) is 2.40. The monoisotopic (exact) mass is 277 g/mol. The lowest BCUT2D eigenvalue weighted by Gasteiger charge is -2.17. The van der Waals surface area contributed by atoms with Gasteiger partial charge in [-0.3, -0.25) is 0 Å². The molecule has 0 fully saturated rings. The van der Waals surface area contributed by atoms with Crippen LogP contribution in [0, 0.1) is 5.82 Å². The van der Waals surface area contributed by atoms with Crippen molar-refractivity contribution in [1.29, 1.82) is 0 Å².